The van der Waals surface area contributed by atoms with Gasteiger partial charge in [-0.05, 0) is 69.2 Å². The van der Waals surface area contributed by atoms with Crippen molar-refractivity contribution in [1.29, 1.82) is 0 Å². The number of benzene rings is 1. The van der Waals surface area contributed by atoms with Crippen LogP contribution in [0.2, 0.25) is 0 Å². The van der Waals surface area contributed by atoms with Crippen molar-refractivity contribution >= 4 is 5.91 Å². The van der Waals surface area contributed by atoms with Crippen molar-refractivity contribution in [3.8, 4) is 5.75 Å². The van der Waals surface area contributed by atoms with Gasteiger partial charge in [0.1, 0.15) is 5.75 Å². The van der Waals surface area contributed by atoms with Crippen LogP contribution < -0.4 is 10.1 Å². The number of fused-ring (bicyclic) bond motifs is 2. The van der Waals surface area contributed by atoms with E-state index in [0.29, 0.717) is 12.0 Å². The Bertz CT molecular complexity index is 480. The van der Waals surface area contributed by atoms with Crippen molar-refractivity contribution in [2.75, 3.05) is 0 Å². The van der Waals surface area contributed by atoms with Gasteiger partial charge in [-0.2, -0.15) is 0 Å². The van der Waals surface area contributed by atoms with E-state index >= 15 is 0 Å². The molecule has 108 valence electrons. The van der Waals surface area contributed by atoms with E-state index in [2.05, 4.69) is 5.32 Å². The quantitative estimate of drug-likeness (QED) is 0.913. The molecular formula is C17H23NO2. The van der Waals surface area contributed by atoms with Crippen LogP contribution in [0.25, 0.3) is 0 Å². The number of amides is 1. The minimum Gasteiger partial charge on any atom is -0.491 e. The second kappa shape index (κ2) is 5.47. The smallest absolute Gasteiger partial charge is 0.251 e. The number of nitrogens with one attached hydrogen (secondary N) is 1. The number of hydrogen-bond acceptors (Lipinski definition) is 2. The molecule has 0 heterocycles. The largest absolute Gasteiger partial charge is 0.491 e. The second-order valence-electron chi connectivity index (χ2n) is 6.45. The Morgan fingerprint density at radius 1 is 1.20 bits per heavy atom. The summed E-state index contributed by atoms with van der Waals surface area (Å²) in [6.07, 6.45) is 5.29. The number of carbonyl (C=O) groups excluding carboxylic acids is 1. The molecule has 3 atom stereocenters. The molecule has 1 aromatic rings. The lowest BCUT2D eigenvalue weighted by Crippen LogP contribution is -2.38. The highest BCUT2D eigenvalue weighted by molar-refractivity contribution is 5.94. The highest BCUT2D eigenvalue weighted by Crippen LogP contribution is 2.44. The Morgan fingerprint density at radius 2 is 1.95 bits per heavy atom. The molecule has 2 fully saturated rings. The maximum absolute atomic E-state index is 12.3. The van der Waals surface area contributed by atoms with Crippen molar-refractivity contribution in [3.63, 3.8) is 0 Å². The van der Waals surface area contributed by atoms with Crippen LogP contribution in [-0.4, -0.2) is 18.1 Å². The monoisotopic (exact) mass is 273 g/mol. The van der Waals surface area contributed by atoms with E-state index in [1.165, 1.54) is 25.7 Å². The van der Waals surface area contributed by atoms with Crippen LogP contribution in [0.4, 0.5) is 0 Å². The Morgan fingerprint density at radius 3 is 2.50 bits per heavy atom. The van der Waals surface area contributed by atoms with E-state index in [9.17, 15) is 4.79 Å². The van der Waals surface area contributed by atoms with Gasteiger partial charge in [0.25, 0.3) is 5.91 Å². The normalized spacial score (nSPS) is 27.9. The molecule has 20 heavy (non-hydrogen) atoms. The number of rotatable bonds is 4. The topological polar surface area (TPSA) is 38.3 Å². The molecule has 2 aliphatic rings. The first kappa shape index (κ1) is 13.5. The van der Waals surface area contributed by atoms with Crippen LogP contribution in [0.3, 0.4) is 0 Å². The van der Waals surface area contributed by atoms with Gasteiger partial charge in [-0.3, -0.25) is 4.79 Å². The maximum Gasteiger partial charge on any atom is 0.251 e. The fourth-order valence-corrected chi connectivity index (χ4v) is 3.63. The molecule has 3 heteroatoms. The zero-order valence-corrected chi connectivity index (χ0v) is 12.3. The maximum atomic E-state index is 12.3. The third kappa shape index (κ3) is 2.82. The summed E-state index contributed by atoms with van der Waals surface area (Å²) < 4.78 is 5.59. The lowest BCUT2D eigenvalue weighted by atomic mass is 9.95. The van der Waals surface area contributed by atoms with E-state index in [0.717, 1.165) is 17.2 Å². The molecule has 2 bridgehead atoms. The molecule has 1 aromatic carbocycles. The van der Waals surface area contributed by atoms with Crippen molar-refractivity contribution in [2.45, 2.75) is 51.7 Å². The standard InChI is InChI=1S/C17H23NO2/c1-11(2)20-15-7-5-13(6-8-15)17(19)18-16-10-12-3-4-14(16)9-12/h5-8,11-12,14,16H,3-4,9-10H2,1-2H3,(H,18,19)/t12-,14-,16-/m1/s1. The third-order valence-corrected chi connectivity index (χ3v) is 4.54. The van der Waals surface area contributed by atoms with Crippen LogP contribution >= 0.6 is 0 Å². The Labute approximate surface area is 120 Å². The van der Waals surface area contributed by atoms with E-state index in [-0.39, 0.29) is 12.0 Å². The summed E-state index contributed by atoms with van der Waals surface area (Å²) in [5.41, 5.74) is 0.726. The zero-order valence-electron chi connectivity index (χ0n) is 12.3. The van der Waals surface area contributed by atoms with E-state index in [4.69, 9.17) is 4.74 Å². The predicted molar refractivity (Wildman–Crippen MR) is 78.9 cm³/mol. The average molecular weight is 273 g/mol. The van der Waals surface area contributed by atoms with Gasteiger partial charge in [-0.15, -0.1) is 0 Å². The molecule has 0 spiro atoms. The second-order valence-corrected chi connectivity index (χ2v) is 6.45. The summed E-state index contributed by atoms with van der Waals surface area (Å²) in [7, 11) is 0. The lowest BCUT2D eigenvalue weighted by Gasteiger charge is -2.22. The summed E-state index contributed by atoms with van der Waals surface area (Å²) in [6.45, 7) is 3.99. The van der Waals surface area contributed by atoms with E-state index < -0.39 is 0 Å². The van der Waals surface area contributed by atoms with Gasteiger partial charge in [0.2, 0.25) is 0 Å². The molecule has 0 aromatic heterocycles. The summed E-state index contributed by atoms with van der Waals surface area (Å²) in [5, 5.41) is 3.21. The van der Waals surface area contributed by atoms with Gasteiger partial charge >= 0.3 is 0 Å². The first-order valence-corrected chi connectivity index (χ1v) is 7.69. The Balaban J connectivity index is 1.59. The van der Waals surface area contributed by atoms with Crippen LogP contribution in [0, 0.1) is 11.8 Å². The van der Waals surface area contributed by atoms with Crippen molar-refractivity contribution in [1.82, 2.24) is 5.32 Å². The number of ether oxygens (including phenoxy) is 1. The highest BCUT2D eigenvalue weighted by Gasteiger charge is 2.40. The van der Waals surface area contributed by atoms with Crippen molar-refractivity contribution in [2.24, 2.45) is 11.8 Å². The first-order chi connectivity index (χ1) is 9.61. The molecule has 3 nitrogen and oxygen atoms in total. The third-order valence-electron chi connectivity index (χ3n) is 4.54. The molecule has 1 N–H and O–H groups in total. The van der Waals surface area contributed by atoms with Gasteiger partial charge in [0.05, 0.1) is 6.10 Å². The summed E-state index contributed by atoms with van der Waals surface area (Å²) in [4.78, 5) is 12.3. The van der Waals surface area contributed by atoms with E-state index in [1.807, 2.05) is 38.1 Å². The number of hydrogen-bond donors (Lipinski definition) is 1. The molecule has 0 radical (unpaired) electrons. The molecule has 0 aliphatic heterocycles. The van der Waals surface area contributed by atoms with Crippen molar-refractivity contribution in [3.05, 3.63) is 29.8 Å². The first-order valence-electron chi connectivity index (χ1n) is 7.69. The van der Waals surface area contributed by atoms with Crippen LogP contribution in [0.1, 0.15) is 49.9 Å². The zero-order chi connectivity index (χ0) is 14.1. The molecule has 1 amide bonds. The molecule has 2 aliphatic carbocycles. The number of carbonyl (C=O) groups is 1. The summed E-state index contributed by atoms with van der Waals surface area (Å²) in [5.74, 6) is 2.44. The van der Waals surface area contributed by atoms with Crippen LogP contribution in [0.15, 0.2) is 24.3 Å². The van der Waals surface area contributed by atoms with Crippen molar-refractivity contribution < 1.29 is 9.53 Å². The average Bonchev–Trinajstić information content (AvgIpc) is 3.01. The Kier molecular flexibility index (Phi) is 3.68. The van der Waals surface area contributed by atoms with Gasteiger partial charge in [-0.25, -0.2) is 0 Å². The fourth-order valence-electron chi connectivity index (χ4n) is 3.63. The van der Waals surface area contributed by atoms with Gasteiger partial charge < -0.3 is 10.1 Å². The molecule has 2 saturated carbocycles. The molecule has 0 unspecified atom stereocenters. The summed E-state index contributed by atoms with van der Waals surface area (Å²) in [6, 6.07) is 7.83. The SMILES string of the molecule is CC(C)Oc1ccc(C(=O)N[C@@H]2C[C@@H]3CC[C@@H]2C3)cc1. The van der Waals surface area contributed by atoms with Crippen LogP contribution in [-0.2, 0) is 0 Å². The minimum atomic E-state index is 0.0543. The molecular weight excluding hydrogens is 250 g/mol. The van der Waals surface area contributed by atoms with E-state index in [1.54, 1.807) is 0 Å². The van der Waals surface area contributed by atoms with Gasteiger partial charge in [-0.1, -0.05) is 6.42 Å². The molecule has 3 rings (SSSR count). The van der Waals surface area contributed by atoms with Crippen LogP contribution in [0.5, 0.6) is 5.75 Å². The van der Waals surface area contributed by atoms with Gasteiger partial charge in [0, 0.05) is 11.6 Å². The fraction of sp³-hybridized carbons (Fsp3) is 0.588. The minimum absolute atomic E-state index is 0.0543. The van der Waals surface area contributed by atoms with Gasteiger partial charge in [0.15, 0.2) is 0 Å². The Hall–Kier alpha value is -1.51. The predicted octanol–water partition coefficient (Wildman–Crippen LogP) is 3.39. The highest BCUT2D eigenvalue weighted by atomic mass is 16.5. The lowest BCUT2D eigenvalue weighted by molar-refractivity contribution is 0.0923. The summed E-state index contributed by atoms with van der Waals surface area (Å²) >= 11 is 0. The molecule has 0 saturated heterocycles.